The Morgan fingerprint density at radius 2 is 1.36 bits per heavy atom. The van der Waals surface area contributed by atoms with Crippen LogP contribution in [0.1, 0.15) is 68.3 Å². The maximum atomic E-state index is 12.8. The highest BCUT2D eigenvalue weighted by atomic mass is 32.2. The summed E-state index contributed by atoms with van der Waals surface area (Å²) in [5.41, 5.74) is 1.62. The Morgan fingerprint density at radius 1 is 0.820 bits per heavy atom. The standard InChI is InChI=1S/C34H65NO8S2Si5/c1-13-15-27-46(3,4)40-48(7,8)42-50(11,12)43-49(9,10)41-47(5,6)28-17-26-39-33(37)30-22-19-29(20-23-30)21-24-32(45-34(44)38-14-2)35-25-16-18-31(35)36/h19-20,22-23,32H,13-18,21,24-28H2,1-12H3. The Bertz CT molecular complexity index is 1250. The summed E-state index contributed by atoms with van der Waals surface area (Å²) < 4.78 is 38.5. The lowest BCUT2D eigenvalue weighted by molar-refractivity contribution is -0.128. The minimum absolute atomic E-state index is 0.0605. The van der Waals surface area contributed by atoms with Crippen molar-refractivity contribution in [2.24, 2.45) is 0 Å². The number of benzene rings is 1. The van der Waals surface area contributed by atoms with E-state index in [2.05, 4.69) is 72.4 Å². The van der Waals surface area contributed by atoms with Crippen molar-refractivity contribution >= 4 is 82.6 Å². The zero-order chi connectivity index (χ0) is 37.8. The van der Waals surface area contributed by atoms with Crippen LogP contribution in [0.5, 0.6) is 0 Å². The van der Waals surface area contributed by atoms with E-state index in [4.69, 9.17) is 38.2 Å². The predicted octanol–water partition coefficient (Wildman–Crippen LogP) is 9.55. The molecule has 1 amide bonds. The normalized spacial score (nSPS) is 15.4. The summed E-state index contributed by atoms with van der Waals surface area (Å²) in [7, 11) is -11.3. The average Bonchev–Trinajstić information content (AvgIpc) is 3.39. The number of amides is 1. The number of ether oxygens (including phenoxy) is 2. The third kappa shape index (κ3) is 17.4. The van der Waals surface area contributed by atoms with Crippen molar-refractivity contribution in [3.05, 3.63) is 35.4 Å². The second-order valence-electron chi connectivity index (χ2n) is 15.7. The summed E-state index contributed by atoms with van der Waals surface area (Å²) in [5, 5.41) is -0.0605. The third-order valence-corrected chi connectivity index (χ3v) is 29.0. The van der Waals surface area contributed by atoms with Crippen LogP contribution in [-0.2, 0) is 37.1 Å². The molecule has 9 nitrogen and oxygen atoms in total. The number of nitrogens with zero attached hydrogens (tertiary/aromatic N) is 1. The van der Waals surface area contributed by atoms with E-state index < -0.39 is 42.3 Å². The Morgan fingerprint density at radius 3 is 1.86 bits per heavy atom. The molecule has 0 aliphatic carbocycles. The first kappa shape index (κ1) is 45.5. The van der Waals surface area contributed by atoms with E-state index in [0.29, 0.717) is 29.6 Å². The fraction of sp³-hybridized carbons (Fsp3) is 0.735. The smallest absolute Gasteiger partial charge is 0.338 e. The zero-order valence-electron chi connectivity index (χ0n) is 32.9. The number of carbonyl (C=O) groups excluding carboxylic acids is 2. The van der Waals surface area contributed by atoms with Crippen LogP contribution in [0.4, 0.5) is 0 Å². The molecule has 50 heavy (non-hydrogen) atoms. The molecular weight excluding hydrogens is 755 g/mol. The van der Waals surface area contributed by atoms with Crippen molar-refractivity contribution in [1.82, 2.24) is 4.90 Å². The summed E-state index contributed by atoms with van der Waals surface area (Å²) in [6.45, 7) is 27.4. The van der Waals surface area contributed by atoms with Crippen molar-refractivity contribution in [1.29, 1.82) is 0 Å². The van der Waals surface area contributed by atoms with Gasteiger partial charge in [-0.25, -0.2) is 4.79 Å². The first-order chi connectivity index (χ1) is 23.1. The molecule has 2 rings (SSSR count). The van der Waals surface area contributed by atoms with Crippen LogP contribution in [0.15, 0.2) is 24.3 Å². The summed E-state index contributed by atoms with van der Waals surface area (Å²) in [4.78, 5) is 27.2. The van der Waals surface area contributed by atoms with Crippen LogP contribution in [-0.4, -0.2) is 88.6 Å². The summed E-state index contributed by atoms with van der Waals surface area (Å²) in [5.74, 6) is -0.157. The first-order valence-corrected chi connectivity index (χ1v) is 34.2. The van der Waals surface area contributed by atoms with Gasteiger partial charge in [0.25, 0.3) is 0 Å². The second-order valence-corrected chi connectivity index (χ2v) is 37.1. The largest absolute Gasteiger partial charge is 0.479 e. The molecule has 0 aromatic heterocycles. The monoisotopic (exact) mass is 819 g/mol. The van der Waals surface area contributed by atoms with Crippen LogP contribution in [0.2, 0.25) is 77.6 Å². The van der Waals surface area contributed by atoms with Crippen LogP contribution < -0.4 is 0 Å². The van der Waals surface area contributed by atoms with Gasteiger partial charge in [0.2, 0.25) is 10.3 Å². The molecule has 1 heterocycles. The predicted molar refractivity (Wildman–Crippen MR) is 222 cm³/mol. The van der Waals surface area contributed by atoms with Crippen LogP contribution in [0.3, 0.4) is 0 Å². The number of likely N-dealkylation sites (tertiary alicyclic amines) is 1. The van der Waals surface area contributed by atoms with Crippen LogP contribution in [0, 0.1) is 0 Å². The SMILES string of the molecule is CCCC[Si](C)(C)O[Si](C)(C)O[Si](C)(C)O[Si](C)(C)O[Si](C)(C)CCCOC(=O)c1ccc(CCC(SC(=S)OCC)N2CCCC2=O)cc1. The Kier molecular flexibility index (Phi) is 18.3. The van der Waals surface area contributed by atoms with Gasteiger partial charge in [-0.05, 0) is 140 Å². The highest BCUT2D eigenvalue weighted by molar-refractivity contribution is 8.23. The molecule has 1 atom stereocenters. The molecule has 0 spiro atoms. The molecule has 1 unspecified atom stereocenters. The summed E-state index contributed by atoms with van der Waals surface area (Å²) in [6.07, 6.45) is 6.06. The molecule has 1 aromatic rings. The van der Waals surface area contributed by atoms with Crippen molar-refractivity contribution in [2.45, 2.75) is 142 Å². The fourth-order valence-electron chi connectivity index (χ4n) is 6.64. The third-order valence-electron chi connectivity index (χ3n) is 8.14. The molecule has 16 heteroatoms. The Hall–Kier alpha value is -0.676. The number of carbonyl (C=O) groups is 2. The lowest BCUT2D eigenvalue weighted by Gasteiger charge is -2.42. The van der Waals surface area contributed by atoms with Gasteiger partial charge in [0, 0.05) is 13.0 Å². The van der Waals surface area contributed by atoms with Gasteiger partial charge in [0.15, 0.2) is 16.6 Å². The Labute approximate surface area is 318 Å². The molecule has 286 valence electrons. The van der Waals surface area contributed by atoms with Gasteiger partial charge in [0.1, 0.15) is 0 Å². The van der Waals surface area contributed by atoms with Gasteiger partial charge in [-0.1, -0.05) is 43.7 Å². The molecule has 1 saturated heterocycles. The number of hydrogen-bond acceptors (Lipinski definition) is 10. The number of esters is 1. The van der Waals surface area contributed by atoms with E-state index in [9.17, 15) is 9.59 Å². The molecule has 0 N–H and O–H groups in total. The van der Waals surface area contributed by atoms with Crippen LogP contribution in [0.25, 0.3) is 0 Å². The van der Waals surface area contributed by atoms with Gasteiger partial charge in [0.05, 0.1) is 24.2 Å². The van der Waals surface area contributed by atoms with Crippen molar-refractivity contribution in [2.75, 3.05) is 19.8 Å². The minimum atomic E-state index is -2.51. The topological polar surface area (TPSA) is 92.8 Å². The van der Waals surface area contributed by atoms with Gasteiger partial charge >= 0.3 is 31.7 Å². The summed E-state index contributed by atoms with van der Waals surface area (Å²) in [6, 6.07) is 9.55. The van der Waals surface area contributed by atoms with E-state index >= 15 is 0 Å². The quantitative estimate of drug-likeness (QED) is 0.0488. The van der Waals surface area contributed by atoms with E-state index in [1.807, 2.05) is 36.1 Å². The first-order valence-electron chi connectivity index (χ1n) is 18.3. The number of thiocarbonyl (C=S) groups is 1. The van der Waals surface area contributed by atoms with Gasteiger partial charge in [-0.15, -0.1) is 0 Å². The maximum absolute atomic E-state index is 12.8. The molecule has 1 fully saturated rings. The number of rotatable bonds is 22. The van der Waals surface area contributed by atoms with E-state index in [-0.39, 0.29) is 17.3 Å². The van der Waals surface area contributed by atoms with Crippen molar-refractivity contribution in [3.63, 3.8) is 0 Å². The maximum Gasteiger partial charge on any atom is 0.338 e. The van der Waals surface area contributed by atoms with Gasteiger partial charge in [-0.2, -0.15) is 0 Å². The van der Waals surface area contributed by atoms with Crippen molar-refractivity contribution < 1.29 is 35.5 Å². The summed E-state index contributed by atoms with van der Waals surface area (Å²) >= 11 is 6.81. The molecule has 1 aromatic carbocycles. The van der Waals surface area contributed by atoms with E-state index in [1.165, 1.54) is 24.6 Å². The average molecular weight is 820 g/mol. The highest BCUT2D eigenvalue weighted by Crippen LogP contribution is 2.30. The second kappa shape index (κ2) is 20.1. The molecule has 1 aliphatic heterocycles. The minimum Gasteiger partial charge on any atom is -0.479 e. The van der Waals surface area contributed by atoms with E-state index in [1.54, 1.807) is 0 Å². The Balaban J connectivity index is 1.83. The lowest BCUT2D eigenvalue weighted by Crippen LogP contribution is -2.58. The molecule has 0 bridgehead atoms. The zero-order valence-corrected chi connectivity index (χ0v) is 39.5. The fourth-order valence-corrected chi connectivity index (χ4v) is 32.8. The van der Waals surface area contributed by atoms with Gasteiger partial charge in [-0.3, -0.25) is 4.79 Å². The van der Waals surface area contributed by atoms with E-state index in [0.717, 1.165) is 49.9 Å². The molecule has 1 aliphatic rings. The number of unbranched alkanes of at least 4 members (excludes halogenated alkanes) is 1. The van der Waals surface area contributed by atoms with Crippen molar-refractivity contribution in [3.8, 4) is 0 Å². The molecule has 0 saturated carbocycles. The van der Waals surface area contributed by atoms with Crippen LogP contribution >= 0.6 is 24.0 Å². The highest BCUT2D eigenvalue weighted by Gasteiger charge is 2.45. The number of hydrogen-bond donors (Lipinski definition) is 0. The van der Waals surface area contributed by atoms with Gasteiger partial charge < -0.3 is 30.8 Å². The molecular formula is C34H65NO8S2Si5. The number of aryl methyl sites for hydroxylation is 1. The number of thioether (sulfide) groups is 1. The lowest BCUT2D eigenvalue weighted by atomic mass is 10.1. The molecule has 0 radical (unpaired) electrons.